The molecule has 0 radical (unpaired) electrons. The van der Waals surface area contributed by atoms with E-state index in [1.54, 1.807) is 0 Å². The summed E-state index contributed by atoms with van der Waals surface area (Å²) >= 11 is 1.35. The van der Waals surface area contributed by atoms with Gasteiger partial charge in [-0.2, -0.15) is 0 Å². The zero-order valence-electron chi connectivity index (χ0n) is 20.4. The monoisotopic (exact) mass is 486 g/mol. The predicted octanol–water partition coefficient (Wildman–Crippen LogP) is 6.57. The highest BCUT2D eigenvalue weighted by atomic mass is 32.2. The number of nitrogens with one attached hydrogen (secondary N) is 1. The summed E-state index contributed by atoms with van der Waals surface area (Å²) in [5.74, 6) is 2.03. The molecule has 7 heteroatoms. The maximum absolute atomic E-state index is 12.6. The Labute approximate surface area is 210 Å². The summed E-state index contributed by atoms with van der Waals surface area (Å²) in [6.45, 7) is 8.26. The second kappa shape index (κ2) is 11.2. The Morgan fingerprint density at radius 3 is 2.31 bits per heavy atom. The van der Waals surface area contributed by atoms with Crippen LogP contribution in [0.25, 0.3) is 5.69 Å². The molecule has 0 saturated carbocycles. The Bertz CT molecular complexity index is 1270. The standard InChI is InChI=1S/C28H30N4O2S/c1-19(2)22-14-16-24(17-15-22)34-21(4)27-30-31-28(32(27)23-11-6-5-7-12-23)35-18-26(33)29-25-13-9-8-10-20(25)3/h5-17,19,21H,18H2,1-4H3,(H,29,33). The second-order valence-corrected chi connectivity index (χ2v) is 9.59. The maximum Gasteiger partial charge on any atom is 0.234 e. The normalized spacial score (nSPS) is 11.9. The van der Waals surface area contributed by atoms with Crippen molar-refractivity contribution in [1.82, 2.24) is 14.8 Å². The van der Waals surface area contributed by atoms with Crippen molar-refractivity contribution in [2.24, 2.45) is 0 Å². The van der Waals surface area contributed by atoms with E-state index in [0.29, 0.717) is 16.9 Å². The van der Waals surface area contributed by atoms with Gasteiger partial charge in [0.2, 0.25) is 5.91 Å². The number of aromatic nitrogens is 3. The first-order chi connectivity index (χ1) is 16.9. The number of hydrogen-bond donors (Lipinski definition) is 1. The summed E-state index contributed by atoms with van der Waals surface area (Å²) in [5, 5.41) is 12.5. The van der Waals surface area contributed by atoms with Crippen LogP contribution in [0.5, 0.6) is 5.75 Å². The van der Waals surface area contributed by atoms with Crippen LogP contribution in [0, 0.1) is 6.92 Å². The van der Waals surface area contributed by atoms with Gasteiger partial charge in [0.05, 0.1) is 5.75 Å². The van der Waals surface area contributed by atoms with Gasteiger partial charge in [-0.1, -0.05) is 74.1 Å². The first-order valence-electron chi connectivity index (χ1n) is 11.7. The average molecular weight is 487 g/mol. The van der Waals surface area contributed by atoms with Gasteiger partial charge in [0.1, 0.15) is 5.75 Å². The number of carbonyl (C=O) groups is 1. The van der Waals surface area contributed by atoms with Crippen LogP contribution in [0.1, 0.15) is 49.7 Å². The number of rotatable bonds is 9. The molecule has 1 N–H and O–H groups in total. The summed E-state index contributed by atoms with van der Waals surface area (Å²) in [6, 6.07) is 25.8. The average Bonchev–Trinajstić information content (AvgIpc) is 3.29. The fraction of sp³-hybridized carbons (Fsp3) is 0.250. The molecule has 1 aromatic heterocycles. The molecular weight excluding hydrogens is 456 g/mol. The molecule has 0 fully saturated rings. The third-order valence-corrected chi connectivity index (χ3v) is 6.58. The lowest BCUT2D eigenvalue weighted by Crippen LogP contribution is -2.16. The van der Waals surface area contributed by atoms with Crippen LogP contribution in [-0.4, -0.2) is 26.4 Å². The quantitative estimate of drug-likeness (QED) is 0.271. The van der Waals surface area contributed by atoms with Gasteiger partial charge in [-0.25, -0.2) is 0 Å². The molecule has 1 heterocycles. The van der Waals surface area contributed by atoms with Gasteiger partial charge in [0.25, 0.3) is 0 Å². The molecule has 0 aliphatic heterocycles. The number of amides is 1. The van der Waals surface area contributed by atoms with E-state index in [-0.39, 0.29) is 17.8 Å². The van der Waals surface area contributed by atoms with Crippen molar-refractivity contribution in [1.29, 1.82) is 0 Å². The summed E-state index contributed by atoms with van der Waals surface area (Å²) in [5.41, 5.74) is 4.02. The van der Waals surface area contributed by atoms with E-state index in [2.05, 4.69) is 41.5 Å². The number of aryl methyl sites for hydroxylation is 1. The molecular formula is C28H30N4O2S. The fourth-order valence-corrected chi connectivity index (χ4v) is 4.43. The first kappa shape index (κ1) is 24.5. The smallest absolute Gasteiger partial charge is 0.234 e. The number of anilines is 1. The summed E-state index contributed by atoms with van der Waals surface area (Å²) in [6.07, 6.45) is -0.345. The number of nitrogens with zero attached hydrogens (tertiary/aromatic N) is 3. The molecule has 0 aliphatic carbocycles. The van der Waals surface area contributed by atoms with Gasteiger partial charge in [-0.3, -0.25) is 9.36 Å². The van der Waals surface area contributed by atoms with Gasteiger partial charge < -0.3 is 10.1 Å². The number of hydrogen-bond acceptors (Lipinski definition) is 5. The van der Waals surface area contributed by atoms with Crippen molar-refractivity contribution < 1.29 is 9.53 Å². The molecule has 6 nitrogen and oxygen atoms in total. The second-order valence-electron chi connectivity index (χ2n) is 8.65. The van der Waals surface area contributed by atoms with Gasteiger partial charge in [0, 0.05) is 11.4 Å². The maximum atomic E-state index is 12.6. The van der Waals surface area contributed by atoms with E-state index in [1.807, 2.05) is 85.1 Å². The molecule has 1 amide bonds. The lowest BCUT2D eigenvalue weighted by molar-refractivity contribution is -0.113. The van der Waals surface area contributed by atoms with Gasteiger partial charge >= 0.3 is 0 Å². The molecule has 1 unspecified atom stereocenters. The number of carbonyl (C=O) groups excluding carboxylic acids is 1. The van der Waals surface area contributed by atoms with Crippen molar-refractivity contribution >= 4 is 23.4 Å². The van der Waals surface area contributed by atoms with Crippen molar-refractivity contribution in [3.8, 4) is 11.4 Å². The number of ether oxygens (including phenoxy) is 1. The molecule has 4 rings (SSSR count). The Balaban J connectivity index is 1.53. The van der Waals surface area contributed by atoms with Crippen LogP contribution in [-0.2, 0) is 4.79 Å². The van der Waals surface area contributed by atoms with Crippen molar-refractivity contribution in [3.63, 3.8) is 0 Å². The highest BCUT2D eigenvalue weighted by Crippen LogP contribution is 2.29. The summed E-state index contributed by atoms with van der Waals surface area (Å²) < 4.78 is 8.17. The molecule has 4 aromatic rings. The fourth-order valence-electron chi connectivity index (χ4n) is 3.68. The zero-order chi connectivity index (χ0) is 24.8. The topological polar surface area (TPSA) is 69.0 Å². The molecule has 35 heavy (non-hydrogen) atoms. The van der Waals surface area contributed by atoms with Crippen molar-refractivity contribution in [2.75, 3.05) is 11.1 Å². The lowest BCUT2D eigenvalue weighted by Gasteiger charge is -2.17. The number of benzene rings is 3. The van der Waals surface area contributed by atoms with E-state index >= 15 is 0 Å². The van der Waals surface area contributed by atoms with E-state index < -0.39 is 0 Å². The van der Waals surface area contributed by atoms with Crippen LogP contribution in [0.3, 0.4) is 0 Å². The molecule has 3 aromatic carbocycles. The molecule has 0 aliphatic rings. The van der Waals surface area contributed by atoms with Gasteiger partial charge in [-0.15, -0.1) is 10.2 Å². The van der Waals surface area contributed by atoms with Crippen LogP contribution < -0.4 is 10.1 Å². The van der Waals surface area contributed by atoms with Crippen molar-refractivity contribution in [3.05, 3.63) is 95.8 Å². The summed E-state index contributed by atoms with van der Waals surface area (Å²) in [7, 11) is 0. The lowest BCUT2D eigenvalue weighted by atomic mass is 10.0. The SMILES string of the molecule is Cc1ccccc1NC(=O)CSc1nnc(C(C)Oc2ccc(C(C)C)cc2)n1-c1ccccc1. The molecule has 180 valence electrons. The Morgan fingerprint density at radius 1 is 0.943 bits per heavy atom. The van der Waals surface area contributed by atoms with E-state index in [0.717, 1.165) is 22.7 Å². The largest absolute Gasteiger partial charge is 0.483 e. The molecule has 0 bridgehead atoms. The van der Waals surface area contributed by atoms with E-state index in [4.69, 9.17) is 4.74 Å². The minimum atomic E-state index is -0.345. The summed E-state index contributed by atoms with van der Waals surface area (Å²) in [4.78, 5) is 12.6. The minimum Gasteiger partial charge on any atom is -0.483 e. The van der Waals surface area contributed by atoms with Crippen molar-refractivity contribution in [2.45, 2.75) is 44.9 Å². The van der Waals surface area contributed by atoms with Crippen LogP contribution in [0.4, 0.5) is 5.69 Å². The minimum absolute atomic E-state index is 0.0944. The highest BCUT2D eigenvalue weighted by Gasteiger charge is 2.22. The molecule has 1 atom stereocenters. The van der Waals surface area contributed by atoms with Gasteiger partial charge in [0.15, 0.2) is 17.1 Å². The number of para-hydroxylation sites is 2. The van der Waals surface area contributed by atoms with Gasteiger partial charge in [-0.05, 0) is 61.2 Å². The first-order valence-corrected chi connectivity index (χ1v) is 12.7. The van der Waals surface area contributed by atoms with E-state index in [9.17, 15) is 4.79 Å². The van der Waals surface area contributed by atoms with Crippen LogP contribution in [0.15, 0.2) is 84.0 Å². The molecule has 0 saturated heterocycles. The predicted molar refractivity (Wildman–Crippen MR) is 141 cm³/mol. The third kappa shape index (κ3) is 6.11. The molecule has 0 spiro atoms. The Morgan fingerprint density at radius 2 is 1.63 bits per heavy atom. The third-order valence-electron chi connectivity index (χ3n) is 5.65. The Hall–Kier alpha value is -3.58. The van der Waals surface area contributed by atoms with Crippen LogP contribution in [0.2, 0.25) is 0 Å². The highest BCUT2D eigenvalue weighted by molar-refractivity contribution is 7.99. The number of thioether (sulfide) groups is 1. The zero-order valence-corrected chi connectivity index (χ0v) is 21.3. The van der Waals surface area contributed by atoms with E-state index in [1.165, 1.54) is 17.3 Å². The van der Waals surface area contributed by atoms with Crippen LogP contribution >= 0.6 is 11.8 Å². The Kier molecular flexibility index (Phi) is 7.87.